The van der Waals surface area contributed by atoms with Crippen LogP contribution in [0.2, 0.25) is 0 Å². The molecule has 0 spiro atoms. The van der Waals surface area contributed by atoms with Gasteiger partial charge in [0.1, 0.15) is 11.6 Å². The topological polar surface area (TPSA) is 82.0 Å². The van der Waals surface area contributed by atoms with Crippen molar-refractivity contribution in [3.8, 4) is 6.07 Å². The number of nitriles is 1. The molecule has 0 saturated heterocycles. The molecule has 0 fully saturated rings. The number of halogens is 2. The number of benzene rings is 2. The largest absolute Gasteiger partial charge is 0.323 e. The van der Waals surface area contributed by atoms with Crippen molar-refractivity contribution in [3.05, 3.63) is 76.3 Å². The summed E-state index contributed by atoms with van der Waals surface area (Å²) in [4.78, 5) is 24.2. The summed E-state index contributed by atoms with van der Waals surface area (Å²) in [6.45, 7) is 0. The Balaban J connectivity index is 1.76. The molecular formula is C20H15F2N3O2S. The van der Waals surface area contributed by atoms with Gasteiger partial charge in [0.2, 0.25) is 11.8 Å². The van der Waals surface area contributed by atoms with Crippen LogP contribution in [-0.2, 0) is 9.59 Å². The first-order chi connectivity index (χ1) is 13.5. The monoisotopic (exact) mass is 399 g/mol. The third kappa shape index (κ3) is 4.56. The summed E-state index contributed by atoms with van der Waals surface area (Å²) in [5, 5.41) is 14.9. The lowest BCUT2D eigenvalue weighted by molar-refractivity contribution is -0.121. The highest BCUT2D eigenvalue weighted by molar-refractivity contribution is 8.03. The number of allylic oxidation sites excluding steroid dienone is 1. The summed E-state index contributed by atoms with van der Waals surface area (Å²) in [7, 11) is 0. The maximum atomic E-state index is 13.6. The van der Waals surface area contributed by atoms with E-state index in [4.69, 9.17) is 0 Å². The number of hydrogen-bond acceptors (Lipinski definition) is 4. The predicted molar refractivity (Wildman–Crippen MR) is 102 cm³/mol. The number of carbonyl (C=O) groups excluding carboxylic acids is 2. The van der Waals surface area contributed by atoms with Crippen molar-refractivity contribution in [3.63, 3.8) is 0 Å². The zero-order chi connectivity index (χ0) is 20.1. The van der Waals surface area contributed by atoms with Crippen molar-refractivity contribution >= 4 is 29.3 Å². The van der Waals surface area contributed by atoms with Gasteiger partial charge in [0, 0.05) is 12.3 Å². The Morgan fingerprint density at radius 3 is 2.61 bits per heavy atom. The molecule has 0 radical (unpaired) electrons. The Labute approximate surface area is 164 Å². The molecule has 1 aliphatic rings. The van der Waals surface area contributed by atoms with E-state index >= 15 is 0 Å². The lowest BCUT2D eigenvalue weighted by Gasteiger charge is -2.25. The molecule has 2 amide bonds. The smallest absolute Gasteiger partial charge is 0.234 e. The van der Waals surface area contributed by atoms with Gasteiger partial charge in [-0.3, -0.25) is 9.59 Å². The molecule has 2 aromatic carbocycles. The fraction of sp³-hybridized carbons (Fsp3) is 0.150. The fourth-order valence-electron chi connectivity index (χ4n) is 2.80. The standard InChI is InChI=1S/C20H15F2N3O2S/c21-13-7-5-12(6-8-13)14-9-18(26)25-20(15(14)10-23)28-11-19(27)24-17-4-2-1-3-16(17)22/h1-8,14H,9,11H2,(H,24,27)(H,25,26)/t14-/m1/s1. The summed E-state index contributed by atoms with van der Waals surface area (Å²) in [6, 6.07) is 13.4. The molecule has 8 heteroatoms. The molecule has 142 valence electrons. The minimum absolute atomic E-state index is 0.0551. The Bertz CT molecular complexity index is 984. The molecule has 1 atom stereocenters. The Kier molecular flexibility index (Phi) is 6.06. The first-order valence-corrected chi connectivity index (χ1v) is 9.33. The van der Waals surface area contributed by atoms with Gasteiger partial charge in [-0.05, 0) is 29.8 Å². The molecule has 0 bridgehead atoms. The molecule has 28 heavy (non-hydrogen) atoms. The zero-order valence-corrected chi connectivity index (χ0v) is 15.4. The van der Waals surface area contributed by atoms with Gasteiger partial charge >= 0.3 is 0 Å². The minimum atomic E-state index is -0.555. The summed E-state index contributed by atoms with van der Waals surface area (Å²) in [5.41, 5.74) is 0.996. The quantitative estimate of drug-likeness (QED) is 0.804. The molecule has 5 nitrogen and oxygen atoms in total. The molecule has 0 unspecified atom stereocenters. The lowest BCUT2D eigenvalue weighted by Crippen LogP contribution is -2.31. The molecule has 1 aliphatic heterocycles. The molecule has 2 N–H and O–H groups in total. The number of para-hydroxylation sites is 1. The number of carbonyl (C=O) groups is 2. The molecular weight excluding hydrogens is 384 g/mol. The van der Waals surface area contributed by atoms with Crippen molar-refractivity contribution in [2.75, 3.05) is 11.1 Å². The average Bonchev–Trinajstić information content (AvgIpc) is 2.68. The Hall–Kier alpha value is -3.18. The van der Waals surface area contributed by atoms with E-state index in [2.05, 4.69) is 16.7 Å². The van der Waals surface area contributed by atoms with E-state index in [1.54, 1.807) is 6.07 Å². The number of thioether (sulfide) groups is 1. The minimum Gasteiger partial charge on any atom is -0.323 e. The van der Waals surface area contributed by atoms with E-state index in [1.165, 1.54) is 42.5 Å². The summed E-state index contributed by atoms with van der Waals surface area (Å²) in [5.74, 6) is -2.38. The van der Waals surface area contributed by atoms with E-state index < -0.39 is 23.5 Å². The normalized spacial score (nSPS) is 16.3. The van der Waals surface area contributed by atoms with Crippen LogP contribution >= 0.6 is 11.8 Å². The zero-order valence-electron chi connectivity index (χ0n) is 14.5. The van der Waals surface area contributed by atoms with Gasteiger partial charge in [-0.1, -0.05) is 36.0 Å². The SMILES string of the molecule is N#CC1=C(SCC(=O)Nc2ccccc2F)NC(=O)C[C@@H]1c1ccc(F)cc1. The highest BCUT2D eigenvalue weighted by Gasteiger charge is 2.29. The van der Waals surface area contributed by atoms with Crippen LogP contribution in [0.25, 0.3) is 0 Å². The predicted octanol–water partition coefficient (Wildman–Crippen LogP) is 3.68. The van der Waals surface area contributed by atoms with Crippen LogP contribution in [0.15, 0.2) is 59.1 Å². The van der Waals surface area contributed by atoms with Crippen molar-refractivity contribution in [1.29, 1.82) is 5.26 Å². The van der Waals surface area contributed by atoms with Gasteiger partial charge in [-0.2, -0.15) is 5.26 Å². The van der Waals surface area contributed by atoms with Crippen molar-refractivity contribution in [2.24, 2.45) is 0 Å². The number of hydrogen-bond donors (Lipinski definition) is 2. The second-order valence-corrected chi connectivity index (χ2v) is 7.01. The van der Waals surface area contributed by atoms with Gasteiger partial charge in [0.15, 0.2) is 0 Å². The Morgan fingerprint density at radius 1 is 1.21 bits per heavy atom. The van der Waals surface area contributed by atoms with Crippen LogP contribution in [0.3, 0.4) is 0 Å². The van der Waals surface area contributed by atoms with E-state index in [0.29, 0.717) is 11.1 Å². The van der Waals surface area contributed by atoms with E-state index in [-0.39, 0.29) is 28.8 Å². The van der Waals surface area contributed by atoms with Gasteiger partial charge in [-0.15, -0.1) is 0 Å². The van der Waals surface area contributed by atoms with Crippen LogP contribution in [0.5, 0.6) is 0 Å². The summed E-state index contributed by atoms with van der Waals surface area (Å²) >= 11 is 0.985. The van der Waals surface area contributed by atoms with E-state index in [9.17, 15) is 23.6 Å². The summed E-state index contributed by atoms with van der Waals surface area (Å²) < 4.78 is 26.8. The van der Waals surface area contributed by atoms with Crippen molar-refractivity contribution in [2.45, 2.75) is 12.3 Å². The van der Waals surface area contributed by atoms with Crippen LogP contribution in [0, 0.1) is 23.0 Å². The molecule has 3 rings (SSSR count). The fourth-order valence-corrected chi connectivity index (χ4v) is 3.68. The first kappa shape index (κ1) is 19.6. The average molecular weight is 399 g/mol. The highest BCUT2D eigenvalue weighted by atomic mass is 32.2. The second kappa shape index (κ2) is 8.67. The maximum absolute atomic E-state index is 13.6. The van der Waals surface area contributed by atoms with Crippen LogP contribution < -0.4 is 10.6 Å². The molecule has 2 aromatic rings. The lowest BCUT2D eigenvalue weighted by atomic mass is 9.87. The second-order valence-electron chi connectivity index (χ2n) is 6.03. The van der Waals surface area contributed by atoms with Crippen LogP contribution in [0.1, 0.15) is 17.9 Å². The number of amides is 2. The molecule has 1 heterocycles. The molecule has 0 aliphatic carbocycles. The van der Waals surface area contributed by atoms with Crippen molar-refractivity contribution in [1.82, 2.24) is 5.32 Å². The molecule has 0 aromatic heterocycles. The highest BCUT2D eigenvalue weighted by Crippen LogP contribution is 2.35. The maximum Gasteiger partial charge on any atom is 0.234 e. The number of anilines is 1. The van der Waals surface area contributed by atoms with Gasteiger partial charge in [0.25, 0.3) is 0 Å². The van der Waals surface area contributed by atoms with Crippen LogP contribution in [-0.4, -0.2) is 17.6 Å². The van der Waals surface area contributed by atoms with Gasteiger partial charge in [-0.25, -0.2) is 8.78 Å². The van der Waals surface area contributed by atoms with Crippen molar-refractivity contribution < 1.29 is 18.4 Å². The van der Waals surface area contributed by atoms with E-state index in [0.717, 1.165) is 11.8 Å². The number of nitrogens with one attached hydrogen (secondary N) is 2. The van der Waals surface area contributed by atoms with Gasteiger partial charge in [0.05, 0.1) is 28.1 Å². The van der Waals surface area contributed by atoms with E-state index in [1.807, 2.05) is 0 Å². The molecule has 0 saturated carbocycles. The third-order valence-corrected chi connectivity index (χ3v) is 5.14. The summed E-state index contributed by atoms with van der Waals surface area (Å²) in [6.07, 6.45) is 0.0556. The van der Waals surface area contributed by atoms with Gasteiger partial charge < -0.3 is 10.6 Å². The number of rotatable bonds is 5. The third-order valence-electron chi connectivity index (χ3n) is 4.12. The first-order valence-electron chi connectivity index (χ1n) is 8.34. The van der Waals surface area contributed by atoms with Crippen LogP contribution in [0.4, 0.5) is 14.5 Å². The number of nitrogens with zero attached hydrogens (tertiary/aromatic N) is 1. The Morgan fingerprint density at radius 2 is 1.93 bits per heavy atom.